The van der Waals surface area contributed by atoms with Crippen molar-refractivity contribution in [2.75, 3.05) is 0 Å². The lowest BCUT2D eigenvalue weighted by Crippen LogP contribution is -2.31. The second-order valence-corrected chi connectivity index (χ2v) is 7.11. The van der Waals surface area contributed by atoms with Crippen LogP contribution in [0.2, 0.25) is 0 Å². The van der Waals surface area contributed by atoms with Crippen molar-refractivity contribution in [2.45, 2.75) is 62.3 Å². The quantitative estimate of drug-likeness (QED) is 0.905. The zero-order valence-corrected chi connectivity index (χ0v) is 12.5. The molecule has 1 aliphatic rings. The van der Waals surface area contributed by atoms with Gasteiger partial charge in [0.05, 0.1) is 17.7 Å². The van der Waals surface area contributed by atoms with Crippen LogP contribution in [-0.4, -0.2) is 31.2 Å². The van der Waals surface area contributed by atoms with E-state index < -0.39 is 0 Å². The first-order valence-corrected chi connectivity index (χ1v) is 7.08. The van der Waals surface area contributed by atoms with Gasteiger partial charge in [-0.1, -0.05) is 11.8 Å². The summed E-state index contributed by atoms with van der Waals surface area (Å²) in [6.07, 6.45) is 1.01. The summed E-state index contributed by atoms with van der Waals surface area (Å²) in [7, 11) is 1.96. The molecule has 0 aromatic carbocycles. The highest BCUT2D eigenvalue weighted by atomic mass is 32.2. The second-order valence-electron chi connectivity index (χ2n) is 5.94. The average molecular weight is 270 g/mol. The summed E-state index contributed by atoms with van der Waals surface area (Å²) < 4.78 is 8.06. The number of thioether (sulfide) groups is 1. The van der Waals surface area contributed by atoms with E-state index in [1.807, 2.05) is 11.6 Å². The highest BCUT2D eigenvalue weighted by Gasteiger charge is 2.46. The van der Waals surface area contributed by atoms with E-state index in [9.17, 15) is 0 Å². The molecular formula is C12H22N4OS. The zero-order valence-electron chi connectivity index (χ0n) is 11.7. The van der Waals surface area contributed by atoms with Crippen molar-refractivity contribution in [1.82, 2.24) is 14.8 Å². The van der Waals surface area contributed by atoms with E-state index in [2.05, 4.69) is 37.9 Å². The lowest BCUT2D eigenvalue weighted by molar-refractivity contribution is -0.0631. The molecule has 102 valence electrons. The van der Waals surface area contributed by atoms with Crippen LogP contribution in [0.15, 0.2) is 5.16 Å². The van der Waals surface area contributed by atoms with Gasteiger partial charge < -0.3 is 15.0 Å². The first kappa shape index (κ1) is 13.8. The molecule has 2 heterocycles. The fourth-order valence-electron chi connectivity index (χ4n) is 2.45. The van der Waals surface area contributed by atoms with E-state index in [1.165, 1.54) is 0 Å². The Morgan fingerprint density at radius 3 is 2.50 bits per heavy atom. The summed E-state index contributed by atoms with van der Waals surface area (Å²) in [6.45, 7) is 8.97. The Kier molecular flexibility index (Phi) is 3.46. The normalized spacial score (nSPS) is 25.6. The molecule has 0 radical (unpaired) electrons. The standard InChI is InChI=1S/C12H22N4OS/c1-11(2)6-8(12(3,4)17-11)18-10-15-14-9(7-13)16(10)5/h8H,6-7,13H2,1-5H3. The minimum Gasteiger partial charge on any atom is -0.368 e. The van der Waals surface area contributed by atoms with Gasteiger partial charge in [0.15, 0.2) is 5.16 Å². The molecule has 1 aromatic heterocycles. The van der Waals surface area contributed by atoms with Crippen LogP contribution in [0.4, 0.5) is 0 Å². The van der Waals surface area contributed by atoms with Crippen LogP contribution in [0.3, 0.4) is 0 Å². The highest BCUT2D eigenvalue weighted by molar-refractivity contribution is 7.99. The van der Waals surface area contributed by atoms with Gasteiger partial charge in [-0.2, -0.15) is 0 Å². The molecule has 5 nitrogen and oxygen atoms in total. The van der Waals surface area contributed by atoms with Crippen LogP contribution in [0.5, 0.6) is 0 Å². The number of nitrogens with zero attached hydrogens (tertiary/aromatic N) is 3. The van der Waals surface area contributed by atoms with Crippen molar-refractivity contribution in [1.29, 1.82) is 0 Å². The second kappa shape index (κ2) is 4.51. The third kappa shape index (κ3) is 2.55. The number of hydrogen-bond acceptors (Lipinski definition) is 5. The smallest absolute Gasteiger partial charge is 0.191 e. The molecule has 0 aliphatic carbocycles. The van der Waals surface area contributed by atoms with Crippen molar-refractivity contribution < 1.29 is 4.74 Å². The molecule has 1 atom stereocenters. The monoisotopic (exact) mass is 270 g/mol. The predicted molar refractivity (Wildman–Crippen MR) is 72.4 cm³/mol. The van der Waals surface area contributed by atoms with Crippen LogP contribution in [0.1, 0.15) is 39.9 Å². The molecule has 0 saturated carbocycles. The van der Waals surface area contributed by atoms with Crippen molar-refractivity contribution in [3.63, 3.8) is 0 Å². The van der Waals surface area contributed by atoms with Gasteiger partial charge in [0.2, 0.25) is 0 Å². The number of hydrogen-bond donors (Lipinski definition) is 1. The molecule has 0 spiro atoms. The molecule has 1 aromatic rings. The summed E-state index contributed by atoms with van der Waals surface area (Å²) in [5.74, 6) is 0.813. The molecule has 18 heavy (non-hydrogen) atoms. The lowest BCUT2D eigenvalue weighted by Gasteiger charge is -2.26. The number of aromatic nitrogens is 3. The van der Waals surface area contributed by atoms with E-state index in [0.717, 1.165) is 17.4 Å². The van der Waals surface area contributed by atoms with Crippen molar-refractivity contribution in [3.8, 4) is 0 Å². The van der Waals surface area contributed by atoms with E-state index in [4.69, 9.17) is 10.5 Å². The first-order chi connectivity index (χ1) is 8.25. The summed E-state index contributed by atoms with van der Waals surface area (Å²) in [4.78, 5) is 0. The molecule has 2 rings (SSSR count). The number of ether oxygens (including phenoxy) is 1. The molecule has 1 fully saturated rings. The minimum absolute atomic E-state index is 0.0730. The van der Waals surface area contributed by atoms with E-state index in [1.54, 1.807) is 11.8 Å². The molecule has 0 bridgehead atoms. The minimum atomic E-state index is -0.150. The van der Waals surface area contributed by atoms with Gasteiger partial charge in [0.25, 0.3) is 0 Å². The van der Waals surface area contributed by atoms with Gasteiger partial charge in [0.1, 0.15) is 5.82 Å². The maximum Gasteiger partial charge on any atom is 0.191 e. The Hall–Kier alpha value is -0.590. The SMILES string of the molecule is Cn1c(CN)nnc1SC1CC(C)(C)OC1(C)C. The summed E-state index contributed by atoms with van der Waals surface area (Å²) in [5, 5.41) is 9.58. The van der Waals surface area contributed by atoms with Gasteiger partial charge >= 0.3 is 0 Å². The van der Waals surface area contributed by atoms with Crippen LogP contribution in [-0.2, 0) is 18.3 Å². The topological polar surface area (TPSA) is 66.0 Å². The van der Waals surface area contributed by atoms with Gasteiger partial charge in [-0.15, -0.1) is 10.2 Å². The van der Waals surface area contributed by atoms with Gasteiger partial charge in [-0.3, -0.25) is 0 Å². The summed E-state index contributed by atoms with van der Waals surface area (Å²) in [5.41, 5.74) is 5.39. The Bertz CT molecular complexity index is 441. The highest BCUT2D eigenvalue weighted by Crippen LogP contribution is 2.45. The molecule has 1 saturated heterocycles. The van der Waals surface area contributed by atoms with Crippen LogP contribution in [0.25, 0.3) is 0 Å². The zero-order chi connectivity index (χ0) is 13.6. The predicted octanol–water partition coefficient (Wildman–Crippen LogP) is 1.71. The third-order valence-corrected chi connectivity index (χ3v) is 4.93. The van der Waals surface area contributed by atoms with Crippen LogP contribution < -0.4 is 5.73 Å². The van der Waals surface area contributed by atoms with Crippen LogP contribution >= 0.6 is 11.8 Å². The Balaban J connectivity index is 2.16. The summed E-state index contributed by atoms with van der Waals surface area (Å²) in [6, 6.07) is 0. The van der Waals surface area contributed by atoms with Gasteiger partial charge in [0, 0.05) is 12.3 Å². The first-order valence-electron chi connectivity index (χ1n) is 6.20. The lowest BCUT2D eigenvalue weighted by atomic mass is 10.0. The Morgan fingerprint density at radius 2 is 2.06 bits per heavy atom. The van der Waals surface area contributed by atoms with Gasteiger partial charge in [-0.05, 0) is 34.1 Å². The van der Waals surface area contributed by atoms with Gasteiger partial charge in [-0.25, -0.2) is 0 Å². The molecule has 6 heteroatoms. The fourth-order valence-corrected chi connectivity index (χ4v) is 3.87. The number of nitrogens with two attached hydrogens (primary N) is 1. The molecule has 2 N–H and O–H groups in total. The largest absolute Gasteiger partial charge is 0.368 e. The molecule has 1 unspecified atom stereocenters. The van der Waals surface area contributed by atoms with E-state index in [-0.39, 0.29) is 11.2 Å². The van der Waals surface area contributed by atoms with E-state index >= 15 is 0 Å². The fraction of sp³-hybridized carbons (Fsp3) is 0.833. The van der Waals surface area contributed by atoms with E-state index in [0.29, 0.717) is 11.8 Å². The van der Waals surface area contributed by atoms with Crippen LogP contribution in [0, 0.1) is 0 Å². The molecule has 0 amide bonds. The third-order valence-electron chi connectivity index (χ3n) is 3.35. The number of rotatable bonds is 3. The molecule has 1 aliphatic heterocycles. The Labute approximate surface area is 112 Å². The maximum atomic E-state index is 6.09. The maximum absolute atomic E-state index is 6.09. The summed E-state index contributed by atoms with van der Waals surface area (Å²) >= 11 is 1.73. The van der Waals surface area contributed by atoms with Crippen molar-refractivity contribution >= 4 is 11.8 Å². The molecular weight excluding hydrogens is 248 g/mol. The van der Waals surface area contributed by atoms with Crippen molar-refractivity contribution in [3.05, 3.63) is 5.82 Å². The van der Waals surface area contributed by atoms with Crippen molar-refractivity contribution in [2.24, 2.45) is 12.8 Å². The Morgan fingerprint density at radius 1 is 1.39 bits per heavy atom. The average Bonchev–Trinajstić information content (AvgIpc) is 2.66.